The molecule has 0 atom stereocenters. The Bertz CT molecular complexity index is 438. The summed E-state index contributed by atoms with van der Waals surface area (Å²) in [4.78, 5) is 11.4. The maximum absolute atomic E-state index is 5.98. The standard InChI is InChI=1S/C10H11ClN4/c1-12-6-8-9(11)15-10(14-8)7-2-4-13-5-3-7/h2-5,12H,6H2,1H3,(H,14,15). The lowest BCUT2D eigenvalue weighted by molar-refractivity contribution is 0.798. The summed E-state index contributed by atoms with van der Waals surface area (Å²) in [6, 6.07) is 3.77. The number of pyridine rings is 1. The lowest BCUT2D eigenvalue weighted by atomic mass is 10.2. The zero-order valence-corrected chi connectivity index (χ0v) is 9.04. The molecule has 0 saturated carbocycles. The Morgan fingerprint density at radius 3 is 2.80 bits per heavy atom. The number of nitrogens with zero attached hydrogens (tertiary/aromatic N) is 2. The molecule has 0 spiro atoms. The molecule has 2 rings (SSSR count). The van der Waals surface area contributed by atoms with Crippen LogP contribution < -0.4 is 5.32 Å². The van der Waals surface area contributed by atoms with Crippen LogP contribution in [0.5, 0.6) is 0 Å². The van der Waals surface area contributed by atoms with Crippen molar-refractivity contribution in [2.75, 3.05) is 7.05 Å². The highest BCUT2D eigenvalue weighted by Crippen LogP contribution is 2.20. The van der Waals surface area contributed by atoms with Gasteiger partial charge in [0, 0.05) is 24.5 Å². The van der Waals surface area contributed by atoms with Crippen molar-refractivity contribution in [1.82, 2.24) is 20.3 Å². The molecule has 0 amide bonds. The number of rotatable bonds is 3. The molecule has 2 N–H and O–H groups in total. The zero-order valence-electron chi connectivity index (χ0n) is 8.29. The van der Waals surface area contributed by atoms with Crippen LogP contribution in [0.3, 0.4) is 0 Å². The number of halogens is 1. The molecule has 78 valence electrons. The van der Waals surface area contributed by atoms with Crippen molar-refractivity contribution in [2.45, 2.75) is 6.54 Å². The molecule has 2 heterocycles. The number of aromatic nitrogens is 3. The summed E-state index contributed by atoms with van der Waals surface area (Å²) in [5.41, 5.74) is 1.88. The topological polar surface area (TPSA) is 53.6 Å². The van der Waals surface area contributed by atoms with Crippen LogP contribution in [0, 0.1) is 0 Å². The maximum Gasteiger partial charge on any atom is 0.152 e. The first-order chi connectivity index (χ1) is 7.31. The zero-order chi connectivity index (χ0) is 10.7. The second kappa shape index (κ2) is 4.42. The molecule has 0 radical (unpaired) electrons. The number of imidazole rings is 1. The first kappa shape index (κ1) is 10.1. The van der Waals surface area contributed by atoms with E-state index < -0.39 is 0 Å². The highest BCUT2D eigenvalue weighted by molar-refractivity contribution is 6.30. The third-order valence-corrected chi connectivity index (χ3v) is 2.35. The molecule has 2 aromatic heterocycles. The SMILES string of the molecule is CNCc1[nH]c(-c2ccncc2)nc1Cl. The Labute approximate surface area is 92.7 Å². The van der Waals surface area contributed by atoms with Crippen LogP contribution in [0.25, 0.3) is 11.4 Å². The first-order valence-electron chi connectivity index (χ1n) is 4.60. The minimum atomic E-state index is 0.510. The third-order valence-electron chi connectivity index (χ3n) is 2.04. The smallest absolute Gasteiger partial charge is 0.152 e. The monoisotopic (exact) mass is 222 g/mol. The normalized spacial score (nSPS) is 10.5. The number of H-pyrrole nitrogens is 1. The van der Waals surface area contributed by atoms with E-state index >= 15 is 0 Å². The van der Waals surface area contributed by atoms with Gasteiger partial charge in [-0.1, -0.05) is 11.6 Å². The minimum Gasteiger partial charge on any atom is -0.339 e. The molecule has 15 heavy (non-hydrogen) atoms. The van der Waals surface area contributed by atoms with E-state index in [2.05, 4.69) is 20.3 Å². The van der Waals surface area contributed by atoms with Crippen molar-refractivity contribution in [1.29, 1.82) is 0 Å². The third kappa shape index (κ3) is 2.16. The van der Waals surface area contributed by atoms with Crippen molar-refractivity contribution in [3.63, 3.8) is 0 Å². The van der Waals surface area contributed by atoms with Crippen molar-refractivity contribution >= 4 is 11.6 Å². The number of aromatic amines is 1. The fourth-order valence-electron chi connectivity index (χ4n) is 1.33. The van der Waals surface area contributed by atoms with Crippen LogP contribution in [0.2, 0.25) is 5.15 Å². The molecule has 0 fully saturated rings. The molecule has 0 unspecified atom stereocenters. The van der Waals surface area contributed by atoms with Crippen LogP contribution in [0.4, 0.5) is 0 Å². The van der Waals surface area contributed by atoms with Crippen molar-refractivity contribution < 1.29 is 0 Å². The number of nitrogens with one attached hydrogen (secondary N) is 2. The van der Waals surface area contributed by atoms with Crippen molar-refractivity contribution in [3.8, 4) is 11.4 Å². The summed E-state index contributed by atoms with van der Waals surface area (Å²) in [6.45, 7) is 0.677. The molecule has 0 bridgehead atoms. The molecule has 5 heteroatoms. The van der Waals surface area contributed by atoms with E-state index in [-0.39, 0.29) is 0 Å². The lowest BCUT2D eigenvalue weighted by Crippen LogP contribution is -2.05. The Morgan fingerprint density at radius 2 is 2.13 bits per heavy atom. The number of hydrogen-bond acceptors (Lipinski definition) is 3. The van der Waals surface area contributed by atoms with Gasteiger partial charge in [0.25, 0.3) is 0 Å². The van der Waals surface area contributed by atoms with E-state index in [0.717, 1.165) is 17.1 Å². The summed E-state index contributed by atoms with van der Waals surface area (Å²) in [5.74, 6) is 0.771. The Morgan fingerprint density at radius 1 is 1.40 bits per heavy atom. The summed E-state index contributed by atoms with van der Waals surface area (Å²) in [7, 11) is 1.86. The predicted octanol–water partition coefficient (Wildman–Crippen LogP) is 1.84. The molecule has 0 saturated heterocycles. The molecule has 0 aliphatic heterocycles. The molecule has 0 aliphatic rings. The molecule has 0 aromatic carbocycles. The highest BCUT2D eigenvalue weighted by atomic mass is 35.5. The second-order valence-corrected chi connectivity index (χ2v) is 3.48. The summed E-state index contributed by atoms with van der Waals surface area (Å²) >= 11 is 5.98. The van der Waals surface area contributed by atoms with E-state index in [4.69, 9.17) is 11.6 Å². The quantitative estimate of drug-likeness (QED) is 0.834. The van der Waals surface area contributed by atoms with Gasteiger partial charge in [-0.2, -0.15) is 0 Å². The van der Waals surface area contributed by atoms with Gasteiger partial charge >= 0.3 is 0 Å². The summed E-state index contributed by atoms with van der Waals surface area (Å²) in [5, 5.41) is 3.53. The van der Waals surface area contributed by atoms with Gasteiger partial charge in [-0.15, -0.1) is 0 Å². The average Bonchev–Trinajstić information content (AvgIpc) is 2.63. The fourth-order valence-corrected chi connectivity index (χ4v) is 1.53. The molecular weight excluding hydrogens is 212 g/mol. The van der Waals surface area contributed by atoms with Crippen LogP contribution in [0.15, 0.2) is 24.5 Å². The maximum atomic E-state index is 5.98. The van der Waals surface area contributed by atoms with Gasteiger partial charge in [0.05, 0.1) is 5.69 Å². The largest absolute Gasteiger partial charge is 0.339 e. The van der Waals surface area contributed by atoms with Crippen LogP contribution in [-0.4, -0.2) is 22.0 Å². The number of hydrogen-bond donors (Lipinski definition) is 2. The Kier molecular flexibility index (Phi) is 2.99. The molecular formula is C10H11ClN4. The fraction of sp³-hybridized carbons (Fsp3) is 0.200. The van der Waals surface area contributed by atoms with Gasteiger partial charge in [0.15, 0.2) is 5.15 Å². The van der Waals surface area contributed by atoms with E-state index in [9.17, 15) is 0 Å². The van der Waals surface area contributed by atoms with Crippen molar-refractivity contribution in [3.05, 3.63) is 35.4 Å². The van der Waals surface area contributed by atoms with E-state index in [1.165, 1.54) is 0 Å². The second-order valence-electron chi connectivity index (χ2n) is 3.12. The first-order valence-corrected chi connectivity index (χ1v) is 4.98. The van der Waals surface area contributed by atoms with E-state index in [0.29, 0.717) is 11.7 Å². The van der Waals surface area contributed by atoms with E-state index in [1.807, 2.05) is 19.2 Å². The van der Waals surface area contributed by atoms with Crippen LogP contribution >= 0.6 is 11.6 Å². The minimum absolute atomic E-state index is 0.510. The van der Waals surface area contributed by atoms with E-state index in [1.54, 1.807) is 12.4 Å². The van der Waals surface area contributed by atoms with Crippen LogP contribution in [-0.2, 0) is 6.54 Å². The van der Waals surface area contributed by atoms with Gasteiger partial charge in [0.1, 0.15) is 5.82 Å². The van der Waals surface area contributed by atoms with Crippen molar-refractivity contribution in [2.24, 2.45) is 0 Å². The Hall–Kier alpha value is -1.39. The summed E-state index contributed by atoms with van der Waals surface area (Å²) < 4.78 is 0. The van der Waals surface area contributed by atoms with Gasteiger partial charge in [0.2, 0.25) is 0 Å². The highest BCUT2D eigenvalue weighted by Gasteiger charge is 2.08. The average molecular weight is 223 g/mol. The van der Waals surface area contributed by atoms with Gasteiger partial charge in [-0.25, -0.2) is 4.98 Å². The van der Waals surface area contributed by atoms with Gasteiger partial charge < -0.3 is 10.3 Å². The Balaban J connectivity index is 2.34. The molecule has 2 aromatic rings. The van der Waals surface area contributed by atoms with Gasteiger partial charge in [-0.3, -0.25) is 4.98 Å². The molecule has 4 nitrogen and oxygen atoms in total. The van der Waals surface area contributed by atoms with Crippen LogP contribution in [0.1, 0.15) is 5.69 Å². The molecule has 0 aliphatic carbocycles. The van der Waals surface area contributed by atoms with Gasteiger partial charge in [-0.05, 0) is 19.2 Å². The summed E-state index contributed by atoms with van der Waals surface area (Å²) in [6.07, 6.45) is 3.45. The predicted molar refractivity (Wildman–Crippen MR) is 59.6 cm³/mol. The lowest BCUT2D eigenvalue weighted by Gasteiger charge is -1.95.